The van der Waals surface area contributed by atoms with E-state index in [1.807, 2.05) is 4.72 Å². The molecule has 1 heterocycles. The van der Waals surface area contributed by atoms with Gasteiger partial charge in [-0.15, -0.1) is 0 Å². The third-order valence-electron chi connectivity index (χ3n) is 3.28. The Bertz CT molecular complexity index is 611. The standard InChI is InChI=1S/C14H18ClNO5S/c1-10(21-9-12-3-2-8-20-12)14(17)16-22(18,19)13-6-4-11(15)5-7-13/h4-7,10,12H,2-3,8-9H2,1H3,(H,16,17). The van der Waals surface area contributed by atoms with Gasteiger partial charge in [0.25, 0.3) is 15.9 Å². The summed E-state index contributed by atoms with van der Waals surface area (Å²) in [7, 11) is -3.93. The molecular formula is C14H18ClNO5S. The monoisotopic (exact) mass is 347 g/mol. The predicted octanol–water partition coefficient (Wildman–Crippen LogP) is 1.73. The Hall–Kier alpha value is -1.15. The molecule has 0 saturated carbocycles. The van der Waals surface area contributed by atoms with Gasteiger partial charge < -0.3 is 9.47 Å². The van der Waals surface area contributed by atoms with Crippen LogP contribution in [0.3, 0.4) is 0 Å². The van der Waals surface area contributed by atoms with Crippen molar-refractivity contribution >= 4 is 27.5 Å². The summed E-state index contributed by atoms with van der Waals surface area (Å²) in [5.74, 6) is -0.715. The van der Waals surface area contributed by atoms with Crippen molar-refractivity contribution in [2.45, 2.75) is 36.9 Å². The summed E-state index contributed by atoms with van der Waals surface area (Å²) in [6, 6.07) is 5.54. The van der Waals surface area contributed by atoms with Crippen molar-refractivity contribution in [2.75, 3.05) is 13.2 Å². The van der Waals surface area contributed by atoms with E-state index in [0.717, 1.165) is 12.8 Å². The summed E-state index contributed by atoms with van der Waals surface area (Å²) < 4.78 is 36.9. The molecule has 1 aromatic rings. The van der Waals surface area contributed by atoms with Crippen molar-refractivity contribution in [1.82, 2.24) is 4.72 Å². The van der Waals surface area contributed by atoms with Crippen molar-refractivity contribution in [3.8, 4) is 0 Å². The maximum Gasteiger partial charge on any atom is 0.264 e. The Morgan fingerprint density at radius 2 is 2.14 bits per heavy atom. The Kier molecular flexibility index (Phi) is 5.80. The quantitative estimate of drug-likeness (QED) is 0.847. The van der Waals surface area contributed by atoms with Crippen molar-refractivity contribution < 1.29 is 22.7 Å². The third kappa shape index (κ3) is 4.67. The summed E-state index contributed by atoms with van der Waals surface area (Å²) in [5, 5.41) is 0.415. The normalized spacial score (nSPS) is 19.8. The van der Waals surface area contributed by atoms with Gasteiger partial charge in [0.05, 0.1) is 17.6 Å². The molecule has 1 saturated heterocycles. The van der Waals surface area contributed by atoms with Crippen LogP contribution in [0.2, 0.25) is 5.02 Å². The molecule has 6 nitrogen and oxygen atoms in total. The number of carbonyl (C=O) groups is 1. The van der Waals surface area contributed by atoms with Gasteiger partial charge in [0.1, 0.15) is 6.10 Å². The van der Waals surface area contributed by atoms with E-state index in [4.69, 9.17) is 21.1 Å². The molecule has 1 aliphatic rings. The first-order valence-electron chi connectivity index (χ1n) is 6.94. The average molecular weight is 348 g/mol. The fourth-order valence-electron chi connectivity index (χ4n) is 1.99. The topological polar surface area (TPSA) is 81.7 Å². The van der Waals surface area contributed by atoms with E-state index in [1.54, 1.807) is 0 Å². The van der Waals surface area contributed by atoms with Crippen LogP contribution < -0.4 is 4.72 Å². The maximum absolute atomic E-state index is 12.1. The van der Waals surface area contributed by atoms with E-state index in [0.29, 0.717) is 11.6 Å². The van der Waals surface area contributed by atoms with Gasteiger partial charge in [0.15, 0.2) is 0 Å². The first-order chi connectivity index (χ1) is 10.4. The van der Waals surface area contributed by atoms with Gasteiger partial charge in [-0.2, -0.15) is 0 Å². The SMILES string of the molecule is CC(OCC1CCCO1)C(=O)NS(=O)(=O)c1ccc(Cl)cc1. The van der Waals surface area contributed by atoms with Crippen LogP contribution in [-0.4, -0.2) is 39.7 Å². The van der Waals surface area contributed by atoms with Crippen molar-refractivity contribution in [2.24, 2.45) is 0 Å². The number of carbonyl (C=O) groups excluding carboxylic acids is 1. The second-order valence-corrected chi connectivity index (χ2v) is 7.15. The van der Waals surface area contributed by atoms with E-state index in [1.165, 1.54) is 31.2 Å². The fourth-order valence-corrected chi connectivity index (χ4v) is 3.16. The molecule has 0 aliphatic carbocycles. The lowest BCUT2D eigenvalue weighted by atomic mass is 10.2. The van der Waals surface area contributed by atoms with E-state index in [2.05, 4.69) is 0 Å². The minimum absolute atomic E-state index is 0.0249. The lowest BCUT2D eigenvalue weighted by molar-refractivity contribution is -0.131. The minimum Gasteiger partial charge on any atom is -0.376 e. The molecule has 1 aromatic carbocycles. The van der Waals surface area contributed by atoms with Crippen LogP contribution in [0.4, 0.5) is 0 Å². The van der Waals surface area contributed by atoms with Gasteiger partial charge in [0, 0.05) is 11.6 Å². The number of nitrogens with one attached hydrogen (secondary N) is 1. The molecule has 2 rings (SSSR count). The second kappa shape index (κ2) is 7.41. The van der Waals surface area contributed by atoms with Crippen molar-refractivity contribution in [3.05, 3.63) is 29.3 Å². The Morgan fingerprint density at radius 3 is 2.73 bits per heavy atom. The molecule has 0 bridgehead atoms. The summed E-state index contributed by atoms with van der Waals surface area (Å²) in [6.07, 6.45) is 0.950. The Balaban J connectivity index is 1.90. The fraction of sp³-hybridized carbons (Fsp3) is 0.500. The van der Waals surface area contributed by atoms with E-state index in [9.17, 15) is 13.2 Å². The van der Waals surface area contributed by atoms with Gasteiger partial charge in [-0.3, -0.25) is 4.79 Å². The zero-order valence-corrected chi connectivity index (χ0v) is 13.7. The molecule has 122 valence electrons. The van der Waals surface area contributed by atoms with Crippen molar-refractivity contribution in [3.63, 3.8) is 0 Å². The highest BCUT2D eigenvalue weighted by Crippen LogP contribution is 2.15. The van der Waals surface area contributed by atoms with Crippen LogP contribution in [-0.2, 0) is 24.3 Å². The molecule has 2 unspecified atom stereocenters. The molecule has 1 amide bonds. The summed E-state index contributed by atoms with van der Waals surface area (Å²) in [4.78, 5) is 11.9. The highest BCUT2D eigenvalue weighted by molar-refractivity contribution is 7.90. The molecule has 0 radical (unpaired) electrons. The molecule has 0 aromatic heterocycles. The molecule has 22 heavy (non-hydrogen) atoms. The maximum atomic E-state index is 12.1. The van der Waals surface area contributed by atoms with Crippen LogP contribution in [0.1, 0.15) is 19.8 Å². The molecule has 1 aliphatic heterocycles. The third-order valence-corrected chi connectivity index (χ3v) is 4.90. The highest BCUT2D eigenvalue weighted by Gasteiger charge is 2.24. The van der Waals surface area contributed by atoms with Crippen molar-refractivity contribution in [1.29, 1.82) is 0 Å². The van der Waals surface area contributed by atoms with Crippen LogP contribution in [0, 0.1) is 0 Å². The van der Waals surface area contributed by atoms with E-state index in [-0.39, 0.29) is 17.6 Å². The number of hydrogen-bond acceptors (Lipinski definition) is 5. The molecule has 2 atom stereocenters. The zero-order valence-electron chi connectivity index (χ0n) is 12.1. The number of sulfonamides is 1. The predicted molar refractivity (Wildman–Crippen MR) is 81.2 cm³/mol. The van der Waals surface area contributed by atoms with Crippen LogP contribution in [0.15, 0.2) is 29.2 Å². The number of ether oxygens (including phenoxy) is 2. The van der Waals surface area contributed by atoms with Crippen LogP contribution in [0.25, 0.3) is 0 Å². The first kappa shape index (κ1) is 17.2. The van der Waals surface area contributed by atoms with Crippen LogP contribution >= 0.6 is 11.6 Å². The zero-order chi connectivity index (χ0) is 16.2. The lowest BCUT2D eigenvalue weighted by Gasteiger charge is -2.16. The molecular weight excluding hydrogens is 330 g/mol. The lowest BCUT2D eigenvalue weighted by Crippen LogP contribution is -2.39. The number of halogens is 1. The largest absolute Gasteiger partial charge is 0.376 e. The molecule has 1 N–H and O–H groups in total. The van der Waals surface area contributed by atoms with Gasteiger partial charge in [0.2, 0.25) is 0 Å². The Morgan fingerprint density at radius 1 is 1.45 bits per heavy atom. The minimum atomic E-state index is -3.93. The highest BCUT2D eigenvalue weighted by atomic mass is 35.5. The smallest absolute Gasteiger partial charge is 0.264 e. The second-order valence-electron chi connectivity index (χ2n) is 5.03. The average Bonchev–Trinajstić information content (AvgIpc) is 2.98. The number of hydrogen-bond donors (Lipinski definition) is 1. The summed E-state index contributed by atoms with van der Waals surface area (Å²) in [5.41, 5.74) is 0. The van der Waals surface area contributed by atoms with Crippen LogP contribution in [0.5, 0.6) is 0 Å². The summed E-state index contributed by atoms with van der Waals surface area (Å²) in [6.45, 7) is 2.47. The first-order valence-corrected chi connectivity index (χ1v) is 8.80. The molecule has 0 spiro atoms. The van der Waals surface area contributed by atoms with Gasteiger partial charge in [-0.25, -0.2) is 13.1 Å². The summed E-state index contributed by atoms with van der Waals surface area (Å²) >= 11 is 5.71. The number of benzene rings is 1. The molecule has 8 heteroatoms. The number of amides is 1. The van der Waals surface area contributed by atoms with Gasteiger partial charge >= 0.3 is 0 Å². The molecule has 1 fully saturated rings. The van der Waals surface area contributed by atoms with E-state index < -0.39 is 22.0 Å². The van der Waals surface area contributed by atoms with E-state index >= 15 is 0 Å². The van der Waals surface area contributed by atoms with Gasteiger partial charge in [-0.05, 0) is 44.0 Å². The Labute approximate surface area is 134 Å². The number of rotatable bonds is 6. The van der Waals surface area contributed by atoms with Gasteiger partial charge in [-0.1, -0.05) is 11.6 Å².